The Hall–Kier alpha value is -4.05. The lowest BCUT2D eigenvalue weighted by atomic mass is 10.00. The lowest BCUT2D eigenvalue weighted by molar-refractivity contribution is -0.207. The molecule has 0 radical (unpaired) electrons. The van der Waals surface area contributed by atoms with E-state index in [1.165, 1.54) is 30.3 Å². The third-order valence-corrected chi connectivity index (χ3v) is 5.67. The summed E-state index contributed by atoms with van der Waals surface area (Å²) in [5.41, 5.74) is 2.15. The zero-order valence-corrected chi connectivity index (χ0v) is 20.8. The summed E-state index contributed by atoms with van der Waals surface area (Å²) in [6.07, 6.45) is -14.2. The largest absolute Gasteiger partial charge is 0.447 e. The zero-order chi connectivity index (χ0) is 29.8. The van der Waals surface area contributed by atoms with Gasteiger partial charge in [-0.25, -0.2) is 14.3 Å². The molecule has 10 nitrogen and oxygen atoms in total. The van der Waals surface area contributed by atoms with Crippen molar-refractivity contribution in [1.82, 2.24) is 19.7 Å². The number of aliphatic hydroxyl groups is 1. The Labute approximate surface area is 225 Å². The highest BCUT2D eigenvalue weighted by atomic mass is 35.5. The molecule has 2 aromatic carbocycles. The quantitative estimate of drug-likeness (QED) is 0.324. The number of nitrogens with two attached hydrogens (primary N) is 1. The summed E-state index contributed by atoms with van der Waals surface area (Å²) in [7, 11) is 0. The van der Waals surface area contributed by atoms with Gasteiger partial charge in [-0.3, -0.25) is 9.36 Å². The van der Waals surface area contributed by atoms with Crippen LogP contribution in [0.15, 0.2) is 53.3 Å². The van der Waals surface area contributed by atoms with Crippen molar-refractivity contribution >= 4 is 23.6 Å². The van der Waals surface area contributed by atoms with Gasteiger partial charge in [0, 0.05) is 10.6 Å². The van der Waals surface area contributed by atoms with Crippen molar-refractivity contribution in [3.8, 4) is 11.4 Å². The second kappa shape index (κ2) is 12.0. The molecule has 0 saturated heterocycles. The molecule has 0 bridgehead atoms. The van der Waals surface area contributed by atoms with Crippen molar-refractivity contribution in [2.24, 2.45) is 5.73 Å². The van der Waals surface area contributed by atoms with Crippen LogP contribution < -0.4 is 16.7 Å². The summed E-state index contributed by atoms with van der Waals surface area (Å²) in [4.78, 5) is 36.8. The number of primary amides is 1. The minimum atomic E-state index is -5.09. The van der Waals surface area contributed by atoms with E-state index in [0.717, 1.165) is 18.2 Å². The van der Waals surface area contributed by atoms with Gasteiger partial charge in [-0.1, -0.05) is 29.8 Å². The zero-order valence-electron chi connectivity index (χ0n) is 20.0. The van der Waals surface area contributed by atoms with Gasteiger partial charge in [-0.15, -0.1) is 5.10 Å². The molecule has 0 aliphatic rings. The van der Waals surface area contributed by atoms with Gasteiger partial charge in [0.1, 0.15) is 13.2 Å². The average molecular weight is 596 g/mol. The first-order valence-corrected chi connectivity index (χ1v) is 11.5. The topological polar surface area (TPSA) is 141 Å². The van der Waals surface area contributed by atoms with Gasteiger partial charge in [0.25, 0.3) is 0 Å². The highest BCUT2D eigenvalue weighted by Crippen LogP contribution is 2.34. The molecule has 1 unspecified atom stereocenters. The number of ether oxygens (including phenoxy) is 1. The minimum Gasteiger partial charge on any atom is -0.447 e. The van der Waals surface area contributed by atoms with E-state index in [4.69, 9.17) is 17.3 Å². The summed E-state index contributed by atoms with van der Waals surface area (Å²) in [6, 6.07) is 7.89. The number of amides is 2. The molecule has 17 heteroatoms. The van der Waals surface area contributed by atoms with Crippen molar-refractivity contribution < 1.29 is 45.8 Å². The van der Waals surface area contributed by atoms with Crippen molar-refractivity contribution in [1.29, 1.82) is 0 Å². The van der Waals surface area contributed by atoms with E-state index in [0.29, 0.717) is 9.25 Å². The smallest absolute Gasteiger partial charge is 0.416 e. The summed E-state index contributed by atoms with van der Waals surface area (Å²) in [5, 5.41) is 15.9. The second-order valence-electron chi connectivity index (χ2n) is 8.27. The fourth-order valence-corrected chi connectivity index (χ4v) is 3.73. The second-order valence-corrected chi connectivity index (χ2v) is 8.71. The number of aromatic nitrogens is 3. The van der Waals surface area contributed by atoms with Crippen molar-refractivity contribution in [2.45, 2.75) is 37.6 Å². The number of carbonyl (C=O) groups excluding carboxylic acids is 2. The third-order valence-electron chi connectivity index (χ3n) is 5.42. The number of alkyl halides is 6. The van der Waals surface area contributed by atoms with E-state index in [-0.39, 0.29) is 16.4 Å². The van der Waals surface area contributed by atoms with Crippen molar-refractivity contribution in [2.75, 3.05) is 6.61 Å². The van der Waals surface area contributed by atoms with Gasteiger partial charge in [0.05, 0.1) is 18.2 Å². The fourth-order valence-electron chi connectivity index (χ4n) is 3.61. The van der Waals surface area contributed by atoms with Gasteiger partial charge in [-0.2, -0.15) is 26.3 Å². The standard InChI is InChI=1S/C23H20ClF6N5O5/c24-13-7-5-12(6-8-13)19-33-35(21(39)34(19)9-17(36)23(28,29)30)10-18(37)32-16(11-40-20(31)38)14-3-1-2-4-15(14)22(25,26)27/h1-8,16-17,36H,9-11H2,(H2,31,38)(H,32,37)/t16?,17-/m0/s1. The molecule has 0 spiro atoms. The third kappa shape index (κ3) is 7.53. The number of nitrogens with zero attached hydrogens (tertiary/aromatic N) is 3. The Kier molecular flexibility index (Phi) is 9.14. The number of benzene rings is 2. The number of nitrogens with one attached hydrogen (secondary N) is 1. The van der Waals surface area contributed by atoms with Gasteiger partial charge < -0.3 is 20.9 Å². The molecule has 4 N–H and O–H groups in total. The first-order valence-electron chi connectivity index (χ1n) is 11.1. The molecule has 1 aromatic heterocycles. The maximum Gasteiger partial charge on any atom is 0.416 e. The van der Waals surface area contributed by atoms with E-state index in [2.05, 4.69) is 15.2 Å². The van der Waals surface area contributed by atoms with Crippen LogP contribution in [0.25, 0.3) is 11.4 Å². The Morgan fingerprint density at radius 1 is 1.07 bits per heavy atom. The highest BCUT2D eigenvalue weighted by Gasteiger charge is 2.40. The van der Waals surface area contributed by atoms with Crippen LogP contribution >= 0.6 is 11.6 Å². The van der Waals surface area contributed by atoms with Crippen LogP contribution in [0.2, 0.25) is 5.02 Å². The maximum atomic E-state index is 13.6. The minimum absolute atomic E-state index is 0.113. The summed E-state index contributed by atoms with van der Waals surface area (Å²) in [6.45, 7) is -3.04. The van der Waals surface area contributed by atoms with Gasteiger partial charge in [0.15, 0.2) is 11.9 Å². The molecule has 1 heterocycles. The van der Waals surface area contributed by atoms with Gasteiger partial charge in [0.2, 0.25) is 5.91 Å². The predicted molar refractivity (Wildman–Crippen MR) is 127 cm³/mol. The van der Waals surface area contributed by atoms with Crippen LogP contribution in [0.4, 0.5) is 31.1 Å². The molecule has 0 aliphatic carbocycles. The molecule has 0 aliphatic heterocycles. The maximum absolute atomic E-state index is 13.6. The lowest BCUT2D eigenvalue weighted by Crippen LogP contribution is -2.40. The molecule has 0 saturated carbocycles. The SMILES string of the molecule is NC(=O)OCC(NC(=O)Cn1nc(-c2ccc(Cl)cc2)n(C[C@H](O)C(F)(F)F)c1=O)c1ccccc1C(F)(F)F. The van der Waals surface area contributed by atoms with E-state index < -0.39 is 73.0 Å². The Balaban J connectivity index is 1.96. The number of rotatable bonds is 9. The Bertz CT molecular complexity index is 1420. The molecule has 3 aromatic rings. The number of halogens is 7. The number of hydrogen-bond acceptors (Lipinski definition) is 6. The Morgan fingerprint density at radius 2 is 1.70 bits per heavy atom. The van der Waals surface area contributed by atoms with E-state index in [1.807, 2.05) is 0 Å². The van der Waals surface area contributed by atoms with Crippen LogP contribution in [-0.2, 0) is 28.8 Å². The molecular formula is C23H20ClF6N5O5. The van der Waals surface area contributed by atoms with Gasteiger partial charge >= 0.3 is 24.1 Å². The molecule has 3 rings (SSSR count). The summed E-state index contributed by atoms with van der Waals surface area (Å²) in [5.74, 6) is -1.46. The van der Waals surface area contributed by atoms with E-state index >= 15 is 0 Å². The first-order chi connectivity index (χ1) is 18.6. The van der Waals surface area contributed by atoms with Crippen molar-refractivity contribution in [3.63, 3.8) is 0 Å². The molecule has 2 amide bonds. The van der Waals surface area contributed by atoms with Crippen LogP contribution in [0.3, 0.4) is 0 Å². The fraction of sp³-hybridized carbons (Fsp3) is 0.304. The van der Waals surface area contributed by atoms with Gasteiger partial charge in [-0.05, 0) is 35.9 Å². The highest BCUT2D eigenvalue weighted by molar-refractivity contribution is 6.30. The monoisotopic (exact) mass is 595 g/mol. The molecule has 0 fully saturated rings. The number of carbonyl (C=O) groups is 2. The van der Waals surface area contributed by atoms with Crippen LogP contribution in [0.1, 0.15) is 17.2 Å². The number of hydrogen-bond donors (Lipinski definition) is 3. The lowest BCUT2D eigenvalue weighted by Gasteiger charge is -2.22. The van der Waals surface area contributed by atoms with E-state index in [9.17, 15) is 45.8 Å². The normalized spacial score (nSPS) is 13.5. The molecule has 40 heavy (non-hydrogen) atoms. The molecule has 2 atom stereocenters. The molecular weight excluding hydrogens is 576 g/mol. The van der Waals surface area contributed by atoms with Crippen molar-refractivity contribution in [3.05, 3.63) is 75.2 Å². The van der Waals surface area contributed by atoms with E-state index in [1.54, 1.807) is 0 Å². The average Bonchev–Trinajstić information content (AvgIpc) is 3.15. The summed E-state index contributed by atoms with van der Waals surface area (Å²) < 4.78 is 85.3. The van der Waals surface area contributed by atoms with Crippen LogP contribution in [0.5, 0.6) is 0 Å². The first kappa shape index (κ1) is 30.5. The number of aliphatic hydroxyl groups excluding tert-OH is 1. The Morgan fingerprint density at radius 3 is 2.27 bits per heavy atom. The predicted octanol–water partition coefficient (Wildman–Crippen LogP) is 3.26. The van der Waals surface area contributed by atoms with Crippen LogP contribution in [0, 0.1) is 0 Å². The van der Waals surface area contributed by atoms with Crippen LogP contribution in [-0.4, -0.2) is 50.3 Å². The summed E-state index contributed by atoms with van der Waals surface area (Å²) >= 11 is 5.83. The molecule has 216 valence electrons.